The molecule has 11 heteroatoms. The van der Waals surface area contributed by atoms with Gasteiger partial charge in [-0.05, 0) is 36.8 Å². The molecule has 0 saturated heterocycles. The molecule has 0 aliphatic heterocycles. The Labute approximate surface area is 195 Å². The highest BCUT2D eigenvalue weighted by atomic mass is 19.4. The largest absolute Gasteiger partial charge is 0.433 e. The average molecular weight is 492 g/mol. The van der Waals surface area contributed by atoms with Crippen molar-refractivity contribution in [2.45, 2.75) is 38.5 Å². The van der Waals surface area contributed by atoms with E-state index in [0.717, 1.165) is 6.07 Å². The molecule has 0 amide bonds. The van der Waals surface area contributed by atoms with Crippen molar-refractivity contribution in [3.05, 3.63) is 71.9 Å². The number of ketones is 1. The zero-order valence-electron chi connectivity index (χ0n) is 18.3. The molecule has 0 aliphatic rings. The third kappa shape index (κ3) is 5.84. The Morgan fingerprint density at radius 2 is 1.74 bits per heavy atom. The summed E-state index contributed by atoms with van der Waals surface area (Å²) in [6.07, 6.45) is -7.64. The number of hydrogen-bond acceptors (Lipinski definition) is 4. The van der Waals surface area contributed by atoms with Gasteiger partial charge in [0.2, 0.25) is 0 Å². The Morgan fingerprint density at radius 3 is 2.46 bits per heavy atom. The zero-order valence-corrected chi connectivity index (χ0v) is 18.3. The number of rotatable bonds is 6. The van der Waals surface area contributed by atoms with Crippen molar-refractivity contribution in [3.8, 4) is 22.5 Å². The van der Waals surface area contributed by atoms with Gasteiger partial charge < -0.3 is 0 Å². The molecule has 0 spiro atoms. The molecule has 5 nitrogen and oxygen atoms in total. The number of carbonyl (C=O) groups is 1. The summed E-state index contributed by atoms with van der Waals surface area (Å²) in [4.78, 5) is 23.8. The van der Waals surface area contributed by atoms with Crippen LogP contribution in [0.25, 0.3) is 28.2 Å². The van der Waals surface area contributed by atoms with Crippen molar-refractivity contribution < 1.29 is 31.1 Å². The lowest BCUT2D eigenvalue weighted by atomic mass is 10.0. The Hall–Kier alpha value is -3.76. The summed E-state index contributed by atoms with van der Waals surface area (Å²) in [6, 6.07) is 10.9. The molecule has 0 aliphatic carbocycles. The van der Waals surface area contributed by atoms with E-state index in [4.69, 9.17) is 0 Å². The monoisotopic (exact) mass is 492 g/mol. The summed E-state index contributed by atoms with van der Waals surface area (Å²) in [6.45, 7) is 1.38. The number of aromatic nitrogens is 4. The van der Waals surface area contributed by atoms with Crippen LogP contribution in [0.5, 0.6) is 0 Å². The first kappa shape index (κ1) is 24.4. The van der Waals surface area contributed by atoms with Crippen molar-refractivity contribution in [1.82, 2.24) is 19.4 Å². The van der Waals surface area contributed by atoms with Gasteiger partial charge in [-0.2, -0.15) is 26.3 Å². The number of fused-ring (bicyclic) bond motifs is 1. The zero-order chi connectivity index (χ0) is 25.4. The molecule has 35 heavy (non-hydrogen) atoms. The fourth-order valence-corrected chi connectivity index (χ4v) is 3.65. The summed E-state index contributed by atoms with van der Waals surface area (Å²) < 4.78 is 78.2. The number of imidazole rings is 1. The van der Waals surface area contributed by atoms with Crippen LogP contribution in [0, 0.1) is 6.92 Å². The number of halogens is 6. The molecule has 0 saturated carbocycles. The van der Waals surface area contributed by atoms with Crippen LogP contribution >= 0.6 is 0 Å². The number of hydrogen-bond donors (Lipinski definition) is 0. The maximum absolute atomic E-state index is 13.1. The molecule has 0 radical (unpaired) electrons. The predicted molar refractivity (Wildman–Crippen MR) is 115 cm³/mol. The smallest absolute Gasteiger partial charge is 0.300 e. The van der Waals surface area contributed by atoms with Crippen molar-refractivity contribution in [2.24, 2.45) is 0 Å². The lowest BCUT2D eigenvalue weighted by Crippen LogP contribution is -2.12. The number of Topliss-reactive ketones (excluding diaryl/α,β-unsaturated/α-hetero) is 1. The minimum absolute atomic E-state index is 0.0136. The second-order valence-corrected chi connectivity index (χ2v) is 8.00. The van der Waals surface area contributed by atoms with Crippen molar-refractivity contribution in [3.63, 3.8) is 0 Å². The average Bonchev–Trinajstić information content (AvgIpc) is 3.20. The fraction of sp³-hybridized carbons (Fsp3) is 0.250. The molecule has 0 fully saturated rings. The first-order valence-corrected chi connectivity index (χ1v) is 10.5. The van der Waals surface area contributed by atoms with E-state index in [0.29, 0.717) is 28.0 Å². The van der Waals surface area contributed by atoms with Crippen LogP contribution in [0.4, 0.5) is 26.3 Å². The van der Waals surface area contributed by atoms with Crippen LogP contribution in [-0.4, -0.2) is 31.3 Å². The molecule has 4 aromatic rings. The lowest BCUT2D eigenvalue weighted by molar-refractivity contribution is -0.143. The molecule has 3 heterocycles. The third-order valence-electron chi connectivity index (χ3n) is 5.25. The first-order valence-electron chi connectivity index (χ1n) is 10.5. The maximum atomic E-state index is 13.1. The summed E-state index contributed by atoms with van der Waals surface area (Å²) in [5.74, 6) is -0.527. The standard InChI is InChI=1S/C24H18F6N4O/c1-14-32-19(12-21(33-14)24(28,29)30)16-6-8-34-20(13-31-22(34)11-16)17-4-2-3-15(9-17)10-18(35)5-7-23(25,26)27/h2-4,6,8-9,11-13H,5,7,10H2,1H3. The topological polar surface area (TPSA) is 60.2 Å². The van der Waals surface area contributed by atoms with E-state index >= 15 is 0 Å². The maximum Gasteiger partial charge on any atom is 0.433 e. The van der Waals surface area contributed by atoms with E-state index in [2.05, 4.69) is 15.0 Å². The summed E-state index contributed by atoms with van der Waals surface area (Å²) in [5, 5.41) is 0. The summed E-state index contributed by atoms with van der Waals surface area (Å²) in [7, 11) is 0. The Bertz CT molecular complexity index is 1390. The molecule has 0 bridgehead atoms. The molecule has 4 rings (SSSR count). The number of pyridine rings is 1. The fourth-order valence-electron chi connectivity index (χ4n) is 3.65. The molecular weight excluding hydrogens is 474 g/mol. The van der Waals surface area contributed by atoms with Crippen molar-refractivity contribution in [2.75, 3.05) is 0 Å². The highest BCUT2D eigenvalue weighted by molar-refractivity contribution is 5.81. The second-order valence-electron chi connectivity index (χ2n) is 8.00. The van der Waals surface area contributed by atoms with Gasteiger partial charge in [-0.1, -0.05) is 18.2 Å². The van der Waals surface area contributed by atoms with Crippen LogP contribution < -0.4 is 0 Å². The van der Waals surface area contributed by atoms with E-state index in [1.54, 1.807) is 53.2 Å². The minimum Gasteiger partial charge on any atom is -0.300 e. The van der Waals surface area contributed by atoms with Gasteiger partial charge in [-0.25, -0.2) is 15.0 Å². The molecule has 182 valence electrons. The van der Waals surface area contributed by atoms with Gasteiger partial charge in [0.05, 0.1) is 24.0 Å². The first-order chi connectivity index (χ1) is 16.4. The number of carbonyl (C=O) groups excluding carboxylic acids is 1. The quantitative estimate of drug-likeness (QED) is 0.299. The molecule has 3 aromatic heterocycles. The van der Waals surface area contributed by atoms with Gasteiger partial charge in [-0.15, -0.1) is 0 Å². The van der Waals surface area contributed by atoms with E-state index in [1.807, 2.05) is 0 Å². The third-order valence-corrected chi connectivity index (χ3v) is 5.25. The van der Waals surface area contributed by atoms with Gasteiger partial charge in [-0.3, -0.25) is 9.20 Å². The number of aryl methyl sites for hydroxylation is 1. The molecule has 1 aromatic carbocycles. The van der Waals surface area contributed by atoms with Gasteiger partial charge in [0, 0.05) is 30.2 Å². The normalized spacial score (nSPS) is 12.3. The molecule has 0 N–H and O–H groups in total. The van der Waals surface area contributed by atoms with E-state index in [-0.39, 0.29) is 17.9 Å². The molecule has 0 atom stereocenters. The van der Waals surface area contributed by atoms with Crippen LogP contribution in [-0.2, 0) is 17.4 Å². The second kappa shape index (κ2) is 9.12. The van der Waals surface area contributed by atoms with Crippen LogP contribution in [0.2, 0.25) is 0 Å². The number of nitrogens with zero attached hydrogens (tertiary/aromatic N) is 4. The minimum atomic E-state index is -4.60. The van der Waals surface area contributed by atoms with Crippen LogP contribution in [0.3, 0.4) is 0 Å². The molecule has 0 unspecified atom stereocenters. The SMILES string of the molecule is Cc1nc(-c2ccn3c(-c4cccc(CC(=O)CCC(F)(F)F)c4)cnc3c2)cc(C(F)(F)F)n1. The van der Waals surface area contributed by atoms with E-state index < -0.39 is 36.7 Å². The van der Waals surface area contributed by atoms with Gasteiger partial charge in [0.15, 0.2) is 0 Å². The summed E-state index contributed by atoms with van der Waals surface area (Å²) >= 11 is 0. The highest BCUT2D eigenvalue weighted by Crippen LogP contribution is 2.31. The Balaban J connectivity index is 1.61. The van der Waals surface area contributed by atoms with Crippen molar-refractivity contribution >= 4 is 11.4 Å². The van der Waals surface area contributed by atoms with Gasteiger partial charge >= 0.3 is 12.4 Å². The van der Waals surface area contributed by atoms with E-state index in [9.17, 15) is 31.1 Å². The highest BCUT2D eigenvalue weighted by Gasteiger charge is 2.33. The predicted octanol–water partition coefficient (Wildman–Crippen LogP) is 6.24. The molecular formula is C24H18F6N4O. The van der Waals surface area contributed by atoms with E-state index in [1.165, 1.54) is 6.92 Å². The van der Waals surface area contributed by atoms with Crippen LogP contribution in [0.1, 0.15) is 29.9 Å². The Kier molecular flexibility index (Phi) is 6.35. The summed E-state index contributed by atoms with van der Waals surface area (Å²) in [5.41, 5.74) is 1.84. The van der Waals surface area contributed by atoms with Crippen molar-refractivity contribution in [1.29, 1.82) is 0 Å². The van der Waals surface area contributed by atoms with Gasteiger partial charge in [0.1, 0.15) is 22.9 Å². The number of alkyl halides is 6. The Morgan fingerprint density at radius 1 is 0.971 bits per heavy atom. The number of benzene rings is 1. The van der Waals surface area contributed by atoms with Crippen LogP contribution in [0.15, 0.2) is 54.9 Å². The van der Waals surface area contributed by atoms with Gasteiger partial charge in [0.25, 0.3) is 0 Å². The lowest BCUT2D eigenvalue weighted by Gasteiger charge is -2.10.